The number of amides is 1. The second-order valence-electron chi connectivity index (χ2n) is 7.17. The number of carbonyl (C=O) groups excluding carboxylic acids is 1. The Hall–Kier alpha value is -2.33. The van der Waals surface area contributed by atoms with Gasteiger partial charge in [0.2, 0.25) is 5.91 Å². The quantitative estimate of drug-likeness (QED) is 0.690. The number of hydrogen-bond donors (Lipinski definition) is 2. The first-order valence-corrected chi connectivity index (χ1v) is 9.49. The SMILES string of the molecule is O=C(NCc1ccc(Cl)cc1)C1(Cc2nc3ccccc3[nH]2)CCCC1. The average Bonchev–Trinajstić information content (AvgIpc) is 3.28. The zero-order valence-corrected chi connectivity index (χ0v) is 15.4. The fraction of sp³-hybridized carbons (Fsp3) is 0.333. The van der Waals surface area contributed by atoms with Gasteiger partial charge in [-0.1, -0.05) is 48.7 Å². The summed E-state index contributed by atoms with van der Waals surface area (Å²) in [6.45, 7) is 0.526. The van der Waals surface area contributed by atoms with Crippen LogP contribution in [0.2, 0.25) is 5.02 Å². The third-order valence-corrected chi connectivity index (χ3v) is 5.60. The smallest absolute Gasteiger partial charge is 0.226 e. The van der Waals surface area contributed by atoms with Crippen LogP contribution < -0.4 is 5.32 Å². The van der Waals surface area contributed by atoms with E-state index in [0.717, 1.165) is 48.1 Å². The first kappa shape index (κ1) is 17.1. The Morgan fingerprint density at radius 3 is 2.58 bits per heavy atom. The molecule has 1 aliphatic rings. The number of H-pyrrole nitrogens is 1. The van der Waals surface area contributed by atoms with E-state index in [9.17, 15) is 4.79 Å². The maximum absolute atomic E-state index is 13.0. The molecule has 1 aliphatic carbocycles. The lowest BCUT2D eigenvalue weighted by Crippen LogP contribution is -2.40. The molecular weight excluding hydrogens is 346 g/mol. The van der Waals surface area contributed by atoms with E-state index in [0.29, 0.717) is 18.0 Å². The van der Waals surface area contributed by atoms with E-state index in [1.165, 1.54) is 0 Å². The number of benzene rings is 2. The minimum absolute atomic E-state index is 0.130. The van der Waals surface area contributed by atoms with Gasteiger partial charge in [-0.05, 0) is 42.7 Å². The summed E-state index contributed by atoms with van der Waals surface area (Å²) in [6, 6.07) is 15.6. The van der Waals surface area contributed by atoms with Gasteiger partial charge in [0.05, 0.1) is 16.4 Å². The molecule has 4 nitrogen and oxygen atoms in total. The van der Waals surface area contributed by atoms with Crippen LogP contribution in [0.25, 0.3) is 11.0 Å². The third kappa shape index (κ3) is 3.47. The molecule has 0 aliphatic heterocycles. The van der Waals surface area contributed by atoms with Crippen molar-refractivity contribution in [1.82, 2.24) is 15.3 Å². The molecule has 0 unspecified atom stereocenters. The summed E-state index contributed by atoms with van der Waals surface area (Å²) >= 11 is 5.93. The van der Waals surface area contributed by atoms with E-state index in [1.54, 1.807) is 0 Å². The summed E-state index contributed by atoms with van der Waals surface area (Å²) in [5, 5.41) is 3.84. The molecule has 0 spiro atoms. The molecule has 0 radical (unpaired) electrons. The molecule has 1 aromatic heterocycles. The largest absolute Gasteiger partial charge is 0.352 e. The molecule has 1 saturated carbocycles. The molecule has 3 aromatic rings. The van der Waals surface area contributed by atoms with Gasteiger partial charge in [0.1, 0.15) is 5.82 Å². The Morgan fingerprint density at radius 1 is 1.12 bits per heavy atom. The minimum Gasteiger partial charge on any atom is -0.352 e. The second-order valence-corrected chi connectivity index (χ2v) is 7.61. The molecule has 2 N–H and O–H groups in total. The van der Waals surface area contributed by atoms with Gasteiger partial charge in [-0.25, -0.2) is 4.98 Å². The fourth-order valence-electron chi connectivity index (χ4n) is 3.92. The highest BCUT2D eigenvalue weighted by Gasteiger charge is 2.41. The lowest BCUT2D eigenvalue weighted by atomic mass is 9.81. The number of para-hydroxylation sites is 2. The van der Waals surface area contributed by atoms with Crippen LogP contribution in [0.5, 0.6) is 0 Å². The first-order valence-electron chi connectivity index (χ1n) is 9.11. The van der Waals surface area contributed by atoms with Gasteiger partial charge in [0.15, 0.2) is 0 Å². The molecule has 5 heteroatoms. The maximum atomic E-state index is 13.0. The van der Waals surface area contributed by atoms with Gasteiger partial charge in [-0.3, -0.25) is 4.79 Å². The van der Waals surface area contributed by atoms with Crippen molar-refractivity contribution in [3.63, 3.8) is 0 Å². The van der Waals surface area contributed by atoms with Gasteiger partial charge < -0.3 is 10.3 Å². The number of nitrogens with zero attached hydrogens (tertiary/aromatic N) is 1. The summed E-state index contributed by atoms with van der Waals surface area (Å²) < 4.78 is 0. The molecule has 1 fully saturated rings. The van der Waals surface area contributed by atoms with E-state index in [2.05, 4.69) is 15.3 Å². The standard InChI is InChI=1S/C21H22ClN3O/c22-16-9-7-15(8-10-16)14-23-20(26)21(11-3-4-12-21)13-19-24-17-5-1-2-6-18(17)25-19/h1-2,5-10H,3-4,11-14H2,(H,23,26)(H,24,25). The number of fused-ring (bicyclic) bond motifs is 1. The summed E-state index contributed by atoms with van der Waals surface area (Å²) in [4.78, 5) is 21.1. The van der Waals surface area contributed by atoms with Crippen molar-refractivity contribution >= 4 is 28.5 Å². The van der Waals surface area contributed by atoms with E-state index in [4.69, 9.17) is 11.6 Å². The number of nitrogens with one attached hydrogen (secondary N) is 2. The zero-order chi connectivity index (χ0) is 18.0. The maximum Gasteiger partial charge on any atom is 0.226 e. The predicted octanol–water partition coefficient (Wildman–Crippen LogP) is 4.64. The summed E-state index contributed by atoms with van der Waals surface area (Å²) in [5.41, 5.74) is 2.68. The monoisotopic (exact) mass is 367 g/mol. The molecule has 1 heterocycles. The number of hydrogen-bond acceptors (Lipinski definition) is 2. The van der Waals surface area contributed by atoms with Gasteiger partial charge in [0, 0.05) is 18.0 Å². The Kier molecular flexibility index (Phi) is 4.68. The van der Waals surface area contributed by atoms with E-state index in [1.807, 2.05) is 48.5 Å². The van der Waals surface area contributed by atoms with Crippen LogP contribution >= 0.6 is 11.6 Å². The zero-order valence-electron chi connectivity index (χ0n) is 14.6. The van der Waals surface area contributed by atoms with E-state index in [-0.39, 0.29) is 11.3 Å². The average molecular weight is 368 g/mol. The van der Waals surface area contributed by atoms with Crippen LogP contribution in [-0.2, 0) is 17.8 Å². The molecule has 0 saturated heterocycles. The van der Waals surface area contributed by atoms with Crippen LogP contribution in [0.1, 0.15) is 37.1 Å². The highest BCUT2D eigenvalue weighted by atomic mass is 35.5. The molecule has 0 atom stereocenters. The number of aromatic amines is 1. The van der Waals surface area contributed by atoms with Crippen LogP contribution in [0.15, 0.2) is 48.5 Å². The molecular formula is C21H22ClN3O. The highest BCUT2D eigenvalue weighted by molar-refractivity contribution is 6.30. The highest BCUT2D eigenvalue weighted by Crippen LogP contribution is 2.41. The van der Waals surface area contributed by atoms with E-state index < -0.39 is 0 Å². The molecule has 1 amide bonds. The number of halogens is 1. The van der Waals surface area contributed by atoms with Crippen LogP contribution in [0, 0.1) is 5.41 Å². The summed E-state index contributed by atoms with van der Waals surface area (Å²) in [7, 11) is 0. The fourth-order valence-corrected chi connectivity index (χ4v) is 4.04. The Balaban J connectivity index is 1.49. The molecule has 134 valence electrons. The lowest BCUT2D eigenvalue weighted by molar-refractivity contribution is -0.131. The summed E-state index contributed by atoms with van der Waals surface area (Å²) in [5.74, 6) is 1.03. The Labute approximate surface area is 158 Å². The molecule has 4 rings (SSSR count). The van der Waals surface area contributed by atoms with Crippen molar-refractivity contribution in [3.05, 3.63) is 64.9 Å². The normalized spacial score (nSPS) is 16.0. The van der Waals surface area contributed by atoms with Crippen molar-refractivity contribution in [2.75, 3.05) is 0 Å². The molecule has 2 aromatic carbocycles. The van der Waals surface area contributed by atoms with Gasteiger partial charge in [0.25, 0.3) is 0 Å². The van der Waals surface area contributed by atoms with Crippen LogP contribution in [0.3, 0.4) is 0 Å². The predicted molar refractivity (Wildman–Crippen MR) is 104 cm³/mol. The van der Waals surface area contributed by atoms with Gasteiger partial charge >= 0.3 is 0 Å². The van der Waals surface area contributed by atoms with Crippen molar-refractivity contribution in [2.24, 2.45) is 5.41 Å². The number of rotatable bonds is 5. The van der Waals surface area contributed by atoms with E-state index >= 15 is 0 Å². The van der Waals surface area contributed by atoms with Gasteiger partial charge in [-0.2, -0.15) is 0 Å². The topological polar surface area (TPSA) is 57.8 Å². The van der Waals surface area contributed by atoms with Crippen molar-refractivity contribution < 1.29 is 4.79 Å². The Bertz CT molecular complexity index is 877. The molecule has 26 heavy (non-hydrogen) atoms. The molecule has 0 bridgehead atoms. The van der Waals surface area contributed by atoms with Crippen LogP contribution in [0.4, 0.5) is 0 Å². The lowest BCUT2D eigenvalue weighted by Gasteiger charge is -2.26. The van der Waals surface area contributed by atoms with Crippen molar-refractivity contribution in [2.45, 2.75) is 38.6 Å². The second kappa shape index (κ2) is 7.12. The summed E-state index contributed by atoms with van der Waals surface area (Å²) in [6.07, 6.45) is 4.67. The third-order valence-electron chi connectivity index (χ3n) is 5.35. The minimum atomic E-state index is -0.361. The Morgan fingerprint density at radius 2 is 1.85 bits per heavy atom. The number of aromatic nitrogens is 2. The number of carbonyl (C=O) groups is 1. The number of imidazole rings is 1. The first-order chi connectivity index (χ1) is 12.6. The van der Waals surface area contributed by atoms with Gasteiger partial charge in [-0.15, -0.1) is 0 Å². The van der Waals surface area contributed by atoms with Crippen LogP contribution in [-0.4, -0.2) is 15.9 Å². The van der Waals surface area contributed by atoms with Crippen molar-refractivity contribution in [1.29, 1.82) is 0 Å². The van der Waals surface area contributed by atoms with Crippen molar-refractivity contribution in [3.8, 4) is 0 Å².